The molecule has 24 heavy (non-hydrogen) atoms. The second-order valence-electron chi connectivity index (χ2n) is 7.82. The summed E-state index contributed by atoms with van der Waals surface area (Å²) in [6.07, 6.45) is 4.54. The van der Waals surface area contributed by atoms with E-state index in [9.17, 15) is 4.79 Å². The van der Waals surface area contributed by atoms with Crippen LogP contribution in [0.4, 0.5) is 5.82 Å². The molecule has 0 saturated carbocycles. The van der Waals surface area contributed by atoms with Gasteiger partial charge >= 0.3 is 0 Å². The molecule has 0 spiro atoms. The van der Waals surface area contributed by atoms with E-state index in [1.54, 1.807) is 0 Å². The van der Waals surface area contributed by atoms with Crippen LogP contribution >= 0.6 is 0 Å². The summed E-state index contributed by atoms with van der Waals surface area (Å²) in [4.78, 5) is 23.8. The Morgan fingerprint density at radius 2 is 2.04 bits per heavy atom. The molecule has 0 radical (unpaired) electrons. The smallest absolute Gasteiger partial charge is 0.225 e. The first-order chi connectivity index (χ1) is 11.4. The van der Waals surface area contributed by atoms with Crippen LogP contribution in [0.3, 0.4) is 0 Å². The molecule has 2 aliphatic rings. The van der Waals surface area contributed by atoms with Gasteiger partial charge in [0.05, 0.1) is 5.92 Å². The highest BCUT2D eigenvalue weighted by molar-refractivity contribution is 5.80. The Labute approximate surface area is 144 Å². The Morgan fingerprint density at radius 1 is 1.29 bits per heavy atom. The highest BCUT2D eigenvalue weighted by atomic mass is 16.5. The van der Waals surface area contributed by atoms with E-state index in [4.69, 9.17) is 9.72 Å². The van der Waals surface area contributed by atoms with Gasteiger partial charge in [-0.1, -0.05) is 20.8 Å². The number of rotatable bonds is 3. The van der Waals surface area contributed by atoms with Crippen molar-refractivity contribution >= 4 is 11.7 Å². The van der Waals surface area contributed by atoms with Crippen molar-refractivity contribution in [3.05, 3.63) is 18.1 Å². The molecular formula is C18H28N4O2. The topological polar surface area (TPSA) is 67.4 Å². The van der Waals surface area contributed by atoms with E-state index >= 15 is 0 Å². The van der Waals surface area contributed by atoms with Crippen molar-refractivity contribution in [3.63, 3.8) is 0 Å². The highest BCUT2D eigenvalue weighted by Crippen LogP contribution is 2.25. The number of amides is 1. The summed E-state index contributed by atoms with van der Waals surface area (Å²) < 4.78 is 5.35. The number of aromatic nitrogens is 2. The number of hydrogen-bond donors (Lipinski definition) is 1. The van der Waals surface area contributed by atoms with Crippen molar-refractivity contribution in [2.45, 2.75) is 51.5 Å². The first-order valence-electron chi connectivity index (χ1n) is 8.90. The van der Waals surface area contributed by atoms with Gasteiger partial charge in [0.2, 0.25) is 5.91 Å². The summed E-state index contributed by atoms with van der Waals surface area (Å²) in [6.45, 7) is 9.43. The lowest BCUT2D eigenvalue weighted by Crippen LogP contribution is -2.42. The molecular weight excluding hydrogens is 304 g/mol. The van der Waals surface area contributed by atoms with Crippen LogP contribution in [0.5, 0.6) is 0 Å². The minimum atomic E-state index is -0.0738. The quantitative estimate of drug-likeness (QED) is 0.915. The number of carbonyl (C=O) groups is 1. The average Bonchev–Trinajstić information content (AvgIpc) is 3.05. The lowest BCUT2D eigenvalue weighted by atomic mass is 9.96. The fraction of sp³-hybridized carbons (Fsp3) is 0.722. The second kappa shape index (κ2) is 7.05. The van der Waals surface area contributed by atoms with Crippen molar-refractivity contribution in [2.75, 3.05) is 31.2 Å². The van der Waals surface area contributed by atoms with Gasteiger partial charge in [-0.05, 0) is 25.3 Å². The molecule has 2 fully saturated rings. The molecule has 2 aliphatic heterocycles. The van der Waals surface area contributed by atoms with Crippen LogP contribution in [-0.4, -0.2) is 48.2 Å². The minimum Gasteiger partial charge on any atom is -0.381 e. The first-order valence-corrected chi connectivity index (χ1v) is 8.90. The normalized spacial score (nSPS) is 22.6. The first kappa shape index (κ1) is 17.1. The molecule has 0 bridgehead atoms. The van der Waals surface area contributed by atoms with Crippen LogP contribution in [0.25, 0.3) is 0 Å². The molecule has 3 rings (SSSR count). The van der Waals surface area contributed by atoms with E-state index in [0.717, 1.165) is 57.2 Å². The van der Waals surface area contributed by atoms with Gasteiger partial charge in [0.1, 0.15) is 11.6 Å². The van der Waals surface area contributed by atoms with Gasteiger partial charge in [-0.25, -0.2) is 9.97 Å². The SMILES string of the molecule is CC(C)(C)c1nccc(N2CCC(C(=O)NC3CCOCC3)C2)n1. The zero-order chi connectivity index (χ0) is 17.2. The summed E-state index contributed by atoms with van der Waals surface area (Å²) in [6, 6.07) is 2.21. The Kier molecular flexibility index (Phi) is 5.04. The summed E-state index contributed by atoms with van der Waals surface area (Å²) in [7, 11) is 0. The molecule has 2 saturated heterocycles. The lowest BCUT2D eigenvalue weighted by molar-refractivity contribution is -0.125. The molecule has 6 nitrogen and oxygen atoms in total. The number of anilines is 1. The average molecular weight is 332 g/mol. The lowest BCUT2D eigenvalue weighted by Gasteiger charge is -2.25. The second-order valence-corrected chi connectivity index (χ2v) is 7.82. The summed E-state index contributed by atoms with van der Waals surface area (Å²) in [5.41, 5.74) is -0.0738. The Bertz CT molecular complexity index is 579. The molecule has 0 aromatic carbocycles. The van der Waals surface area contributed by atoms with Crippen LogP contribution in [0, 0.1) is 5.92 Å². The van der Waals surface area contributed by atoms with Crippen molar-refractivity contribution in [1.29, 1.82) is 0 Å². The van der Waals surface area contributed by atoms with Gasteiger partial charge in [-0.2, -0.15) is 0 Å². The van der Waals surface area contributed by atoms with Crippen LogP contribution in [-0.2, 0) is 14.9 Å². The molecule has 0 aliphatic carbocycles. The van der Waals surface area contributed by atoms with E-state index in [1.807, 2.05) is 12.3 Å². The van der Waals surface area contributed by atoms with Crippen LogP contribution in [0.2, 0.25) is 0 Å². The van der Waals surface area contributed by atoms with Crippen molar-refractivity contribution < 1.29 is 9.53 Å². The Balaban J connectivity index is 1.59. The van der Waals surface area contributed by atoms with E-state index in [-0.39, 0.29) is 23.3 Å². The van der Waals surface area contributed by atoms with Gasteiger partial charge in [-0.3, -0.25) is 4.79 Å². The zero-order valence-electron chi connectivity index (χ0n) is 14.9. The molecule has 132 valence electrons. The van der Waals surface area contributed by atoms with E-state index in [1.165, 1.54) is 0 Å². The molecule has 1 N–H and O–H groups in total. The zero-order valence-corrected chi connectivity index (χ0v) is 14.9. The molecule has 1 amide bonds. The molecule has 1 aromatic heterocycles. The van der Waals surface area contributed by atoms with Crippen molar-refractivity contribution in [2.24, 2.45) is 5.92 Å². The third kappa shape index (κ3) is 4.04. The predicted molar refractivity (Wildman–Crippen MR) is 93.0 cm³/mol. The van der Waals surface area contributed by atoms with E-state index in [2.05, 4.69) is 36.0 Å². The largest absolute Gasteiger partial charge is 0.381 e. The van der Waals surface area contributed by atoms with Gasteiger partial charge in [0.25, 0.3) is 0 Å². The number of hydrogen-bond acceptors (Lipinski definition) is 5. The van der Waals surface area contributed by atoms with Gasteiger partial charge in [0, 0.05) is 44.0 Å². The maximum atomic E-state index is 12.5. The number of nitrogens with one attached hydrogen (secondary N) is 1. The standard InChI is InChI=1S/C18H28N4O2/c1-18(2,3)17-19-8-4-15(21-17)22-9-5-13(12-22)16(23)20-14-6-10-24-11-7-14/h4,8,13-14H,5-7,9-12H2,1-3H3,(H,20,23). The molecule has 1 unspecified atom stereocenters. The maximum absolute atomic E-state index is 12.5. The molecule has 3 heterocycles. The van der Waals surface area contributed by atoms with Crippen molar-refractivity contribution in [3.8, 4) is 0 Å². The Hall–Kier alpha value is -1.69. The monoisotopic (exact) mass is 332 g/mol. The summed E-state index contributed by atoms with van der Waals surface area (Å²) in [5.74, 6) is 1.99. The van der Waals surface area contributed by atoms with Crippen LogP contribution in [0.15, 0.2) is 12.3 Å². The molecule has 1 atom stereocenters. The molecule has 1 aromatic rings. The van der Waals surface area contributed by atoms with Crippen LogP contribution in [0.1, 0.15) is 45.9 Å². The third-order valence-electron chi connectivity index (χ3n) is 4.76. The number of carbonyl (C=O) groups excluding carboxylic acids is 1. The number of ether oxygens (including phenoxy) is 1. The van der Waals surface area contributed by atoms with Gasteiger partial charge in [0.15, 0.2) is 0 Å². The number of nitrogens with zero attached hydrogens (tertiary/aromatic N) is 3. The molecule has 6 heteroatoms. The highest BCUT2D eigenvalue weighted by Gasteiger charge is 2.31. The fourth-order valence-corrected chi connectivity index (χ4v) is 3.23. The minimum absolute atomic E-state index is 0.0425. The van der Waals surface area contributed by atoms with Crippen molar-refractivity contribution in [1.82, 2.24) is 15.3 Å². The maximum Gasteiger partial charge on any atom is 0.225 e. The summed E-state index contributed by atoms with van der Waals surface area (Å²) in [5, 5.41) is 3.19. The fourth-order valence-electron chi connectivity index (χ4n) is 3.23. The van der Waals surface area contributed by atoms with E-state index < -0.39 is 0 Å². The third-order valence-corrected chi connectivity index (χ3v) is 4.76. The van der Waals surface area contributed by atoms with Crippen LogP contribution < -0.4 is 10.2 Å². The van der Waals surface area contributed by atoms with Gasteiger partial charge < -0.3 is 15.0 Å². The summed E-state index contributed by atoms with van der Waals surface area (Å²) >= 11 is 0. The predicted octanol–water partition coefficient (Wildman–Crippen LogP) is 1.90. The van der Waals surface area contributed by atoms with Gasteiger partial charge in [-0.15, -0.1) is 0 Å². The Morgan fingerprint density at radius 3 is 2.75 bits per heavy atom. The van der Waals surface area contributed by atoms with E-state index in [0.29, 0.717) is 0 Å².